The van der Waals surface area contributed by atoms with E-state index in [2.05, 4.69) is 15.9 Å². The van der Waals surface area contributed by atoms with Gasteiger partial charge in [-0.2, -0.15) is 0 Å². The van der Waals surface area contributed by atoms with Gasteiger partial charge in [-0.25, -0.2) is 4.39 Å². The highest BCUT2D eigenvalue weighted by Crippen LogP contribution is 2.21. The lowest BCUT2D eigenvalue weighted by molar-refractivity contribution is 0.436. The predicted octanol–water partition coefficient (Wildman–Crippen LogP) is 2.42. The highest BCUT2D eigenvalue weighted by molar-refractivity contribution is 9.10. The van der Waals surface area contributed by atoms with Crippen molar-refractivity contribution < 1.29 is 4.39 Å². The Labute approximate surface area is 73.5 Å². The van der Waals surface area contributed by atoms with Crippen LogP contribution >= 0.6 is 15.9 Å². The first-order valence-corrected chi connectivity index (χ1v) is 4.11. The molecule has 0 aromatic heterocycles. The second-order valence-corrected chi connectivity index (χ2v) is 3.14. The number of halogens is 2. The SMILES string of the molecule is N[C@H](CF)c1ccccc1Br. The molecule has 60 valence electrons. The summed E-state index contributed by atoms with van der Waals surface area (Å²) in [5.41, 5.74) is 6.30. The van der Waals surface area contributed by atoms with Gasteiger partial charge in [-0.1, -0.05) is 34.1 Å². The number of hydrogen-bond acceptors (Lipinski definition) is 1. The standard InChI is InChI=1S/C8H9BrFN/c9-7-4-2-1-3-6(7)8(11)5-10/h1-4,8H,5,11H2/t8-/m1/s1. The number of hydrogen-bond donors (Lipinski definition) is 1. The molecule has 0 spiro atoms. The molecule has 0 fully saturated rings. The number of alkyl halides is 1. The molecule has 0 heterocycles. The molecular formula is C8H9BrFN. The minimum atomic E-state index is -0.525. The van der Waals surface area contributed by atoms with Crippen molar-refractivity contribution >= 4 is 15.9 Å². The van der Waals surface area contributed by atoms with Gasteiger partial charge < -0.3 is 5.73 Å². The molecule has 1 atom stereocenters. The summed E-state index contributed by atoms with van der Waals surface area (Å²) in [5.74, 6) is 0. The van der Waals surface area contributed by atoms with Crippen LogP contribution in [0.15, 0.2) is 28.7 Å². The fourth-order valence-corrected chi connectivity index (χ4v) is 1.44. The van der Waals surface area contributed by atoms with Crippen LogP contribution in [0.4, 0.5) is 4.39 Å². The van der Waals surface area contributed by atoms with E-state index in [9.17, 15) is 4.39 Å². The largest absolute Gasteiger partial charge is 0.322 e. The Morgan fingerprint density at radius 2 is 2.09 bits per heavy atom. The van der Waals surface area contributed by atoms with E-state index in [1.807, 2.05) is 24.3 Å². The Morgan fingerprint density at radius 3 is 2.64 bits per heavy atom. The monoisotopic (exact) mass is 217 g/mol. The lowest BCUT2D eigenvalue weighted by Gasteiger charge is -2.08. The molecule has 3 heteroatoms. The predicted molar refractivity (Wildman–Crippen MR) is 47.0 cm³/mol. The van der Waals surface area contributed by atoms with Gasteiger partial charge in [-0.15, -0.1) is 0 Å². The number of benzene rings is 1. The van der Waals surface area contributed by atoms with E-state index in [1.165, 1.54) is 0 Å². The van der Waals surface area contributed by atoms with Crippen LogP contribution in [0.25, 0.3) is 0 Å². The minimum Gasteiger partial charge on any atom is -0.322 e. The molecular weight excluding hydrogens is 209 g/mol. The summed E-state index contributed by atoms with van der Waals surface area (Å²) in [7, 11) is 0. The van der Waals surface area contributed by atoms with Gasteiger partial charge in [0.25, 0.3) is 0 Å². The normalized spacial score (nSPS) is 13.0. The van der Waals surface area contributed by atoms with E-state index in [4.69, 9.17) is 5.73 Å². The summed E-state index contributed by atoms with van der Waals surface area (Å²) in [6, 6.07) is 6.87. The van der Waals surface area contributed by atoms with Crippen LogP contribution in [0.1, 0.15) is 11.6 Å². The Balaban J connectivity index is 2.93. The molecule has 0 amide bonds. The molecule has 0 aliphatic heterocycles. The maximum atomic E-state index is 12.1. The van der Waals surface area contributed by atoms with Crippen molar-refractivity contribution in [3.63, 3.8) is 0 Å². The molecule has 0 unspecified atom stereocenters. The molecule has 0 saturated carbocycles. The summed E-state index contributed by atoms with van der Waals surface area (Å²) in [6.07, 6.45) is 0. The average molecular weight is 218 g/mol. The molecule has 1 nitrogen and oxygen atoms in total. The van der Waals surface area contributed by atoms with Crippen molar-refractivity contribution in [1.82, 2.24) is 0 Å². The second kappa shape index (κ2) is 3.83. The van der Waals surface area contributed by atoms with Gasteiger partial charge in [0.05, 0.1) is 6.04 Å². The lowest BCUT2D eigenvalue weighted by atomic mass is 10.1. The van der Waals surface area contributed by atoms with E-state index >= 15 is 0 Å². The van der Waals surface area contributed by atoms with Crippen LogP contribution in [0.5, 0.6) is 0 Å². The van der Waals surface area contributed by atoms with Crippen molar-refractivity contribution in [2.45, 2.75) is 6.04 Å². The fourth-order valence-electron chi connectivity index (χ4n) is 0.859. The third-order valence-electron chi connectivity index (χ3n) is 1.47. The summed E-state index contributed by atoms with van der Waals surface area (Å²) in [6.45, 7) is -0.525. The molecule has 0 radical (unpaired) electrons. The van der Waals surface area contributed by atoms with Crippen molar-refractivity contribution in [3.05, 3.63) is 34.3 Å². The Kier molecular flexibility index (Phi) is 3.02. The average Bonchev–Trinajstić information content (AvgIpc) is 2.04. The van der Waals surface area contributed by atoms with Gasteiger partial charge in [-0.3, -0.25) is 0 Å². The van der Waals surface area contributed by atoms with Gasteiger partial charge in [0, 0.05) is 4.47 Å². The van der Waals surface area contributed by atoms with E-state index in [-0.39, 0.29) is 0 Å². The van der Waals surface area contributed by atoms with E-state index in [0.29, 0.717) is 0 Å². The van der Waals surface area contributed by atoms with Crippen LogP contribution in [0, 0.1) is 0 Å². The van der Waals surface area contributed by atoms with Crippen molar-refractivity contribution in [3.8, 4) is 0 Å². The maximum absolute atomic E-state index is 12.1. The van der Waals surface area contributed by atoms with Gasteiger partial charge in [0.15, 0.2) is 0 Å². The molecule has 11 heavy (non-hydrogen) atoms. The quantitative estimate of drug-likeness (QED) is 0.810. The maximum Gasteiger partial charge on any atom is 0.109 e. The number of rotatable bonds is 2. The summed E-state index contributed by atoms with van der Waals surface area (Å²) in [5, 5.41) is 0. The van der Waals surface area contributed by atoms with Crippen LogP contribution in [-0.2, 0) is 0 Å². The molecule has 0 aliphatic carbocycles. The first kappa shape index (κ1) is 8.68. The van der Waals surface area contributed by atoms with Gasteiger partial charge in [0.1, 0.15) is 6.67 Å². The van der Waals surface area contributed by atoms with Crippen molar-refractivity contribution in [2.75, 3.05) is 6.67 Å². The highest BCUT2D eigenvalue weighted by Gasteiger charge is 2.07. The summed E-state index contributed by atoms with van der Waals surface area (Å²) in [4.78, 5) is 0. The second-order valence-electron chi connectivity index (χ2n) is 2.28. The van der Waals surface area contributed by atoms with Crippen LogP contribution < -0.4 is 5.73 Å². The Bertz CT molecular complexity index is 239. The molecule has 1 aromatic carbocycles. The molecule has 0 bridgehead atoms. The smallest absolute Gasteiger partial charge is 0.109 e. The zero-order valence-electron chi connectivity index (χ0n) is 5.93. The first-order valence-electron chi connectivity index (χ1n) is 3.31. The lowest BCUT2D eigenvalue weighted by Crippen LogP contribution is -2.12. The Hall–Kier alpha value is -0.410. The molecule has 1 aromatic rings. The van der Waals surface area contributed by atoms with Gasteiger partial charge >= 0.3 is 0 Å². The molecule has 1 rings (SSSR count). The van der Waals surface area contributed by atoms with Crippen molar-refractivity contribution in [2.24, 2.45) is 5.73 Å². The Morgan fingerprint density at radius 1 is 1.45 bits per heavy atom. The fraction of sp³-hybridized carbons (Fsp3) is 0.250. The minimum absolute atomic E-state index is 0.509. The number of nitrogens with two attached hydrogens (primary N) is 1. The van der Waals surface area contributed by atoms with Crippen LogP contribution in [-0.4, -0.2) is 6.67 Å². The zero-order chi connectivity index (χ0) is 8.27. The van der Waals surface area contributed by atoms with E-state index < -0.39 is 12.7 Å². The van der Waals surface area contributed by atoms with E-state index in [0.717, 1.165) is 10.0 Å². The molecule has 0 aliphatic rings. The summed E-state index contributed by atoms with van der Waals surface area (Å²) < 4.78 is 13.0. The van der Waals surface area contributed by atoms with Crippen molar-refractivity contribution in [1.29, 1.82) is 0 Å². The van der Waals surface area contributed by atoms with Crippen LogP contribution in [0.2, 0.25) is 0 Å². The zero-order valence-corrected chi connectivity index (χ0v) is 7.51. The topological polar surface area (TPSA) is 26.0 Å². The highest BCUT2D eigenvalue weighted by atomic mass is 79.9. The van der Waals surface area contributed by atoms with Crippen LogP contribution in [0.3, 0.4) is 0 Å². The van der Waals surface area contributed by atoms with Gasteiger partial charge in [-0.05, 0) is 11.6 Å². The molecule has 0 saturated heterocycles. The third-order valence-corrected chi connectivity index (χ3v) is 2.19. The third kappa shape index (κ3) is 2.01. The summed E-state index contributed by atoms with van der Waals surface area (Å²) >= 11 is 3.29. The van der Waals surface area contributed by atoms with E-state index in [1.54, 1.807) is 0 Å². The first-order chi connectivity index (χ1) is 5.25. The molecule has 2 N–H and O–H groups in total. The van der Waals surface area contributed by atoms with Gasteiger partial charge in [0.2, 0.25) is 0 Å².